The summed E-state index contributed by atoms with van der Waals surface area (Å²) in [7, 11) is -3.87. The second-order valence-electron chi connectivity index (χ2n) is 10.5. The van der Waals surface area contributed by atoms with Crippen LogP contribution in [0.15, 0.2) is 108 Å². The number of rotatable bonds is 9. The molecule has 4 aromatic rings. The topological polar surface area (TPSA) is 126 Å². The van der Waals surface area contributed by atoms with E-state index in [1.54, 1.807) is 69.3 Å². The van der Waals surface area contributed by atoms with Gasteiger partial charge in [0, 0.05) is 30.0 Å². The molecule has 4 aromatic carbocycles. The second-order valence-corrected chi connectivity index (χ2v) is 12.2. The van der Waals surface area contributed by atoms with Crippen LogP contribution in [0.25, 0.3) is 11.1 Å². The van der Waals surface area contributed by atoms with Crippen LogP contribution in [0.1, 0.15) is 31.9 Å². The minimum atomic E-state index is -3.87. The molecule has 0 aliphatic carbocycles. The molecule has 3 amide bonds. The molecule has 4 N–H and O–H groups in total. The van der Waals surface area contributed by atoms with Gasteiger partial charge in [0.2, 0.25) is 0 Å². The van der Waals surface area contributed by atoms with Crippen LogP contribution in [0.4, 0.5) is 21.0 Å². The molecular formula is C32H34N4O5S. The second kappa shape index (κ2) is 13.2. The number of sulfonamides is 1. The summed E-state index contributed by atoms with van der Waals surface area (Å²) in [6, 6.07) is 29.6. The van der Waals surface area contributed by atoms with Gasteiger partial charge in [-0.2, -0.15) is 0 Å². The fraction of sp³-hybridized carbons (Fsp3) is 0.188. The predicted octanol–water partition coefficient (Wildman–Crippen LogP) is 6.50. The van der Waals surface area contributed by atoms with E-state index in [-0.39, 0.29) is 11.4 Å². The third-order valence-corrected chi connectivity index (χ3v) is 7.38. The molecule has 4 rings (SSSR count). The van der Waals surface area contributed by atoms with Gasteiger partial charge in [-0.25, -0.2) is 18.0 Å². The maximum atomic E-state index is 13.2. The third-order valence-electron chi connectivity index (χ3n) is 5.94. The van der Waals surface area contributed by atoms with E-state index < -0.39 is 27.7 Å². The lowest BCUT2D eigenvalue weighted by atomic mass is 10.1. The van der Waals surface area contributed by atoms with E-state index in [0.717, 1.165) is 16.7 Å². The van der Waals surface area contributed by atoms with Gasteiger partial charge in [0.05, 0.1) is 4.90 Å². The monoisotopic (exact) mass is 586 g/mol. The summed E-state index contributed by atoms with van der Waals surface area (Å²) < 4.78 is 34.3. The smallest absolute Gasteiger partial charge is 0.407 e. The molecule has 0 fully saturated rings. The van der Waals surface area contributed by atoms with Gasteiger partial charge in [-0.15, -0.1) is 0 Å². The van der Waals surface area contributed by atoms with E-state index in [2.05, 4.69) is 20.7 Å². The number of alkyl carbamates (subject to hydrolysis) is 1. The number of ether oxygens (including phenoxy) is 1. The van der Waals surface area contributed by atoms with Crippen LogP contribution < -0.4 is 20.7 Å². The summed E-state index contributed by atoms with van der Waals surface area (Å²) in [6.45, 7) is 5.96. The van der Waals surface area contributed by atoms with E-state index in [4.69, 9.17) is 4.74 Å². The maximum absolute atomic E-state index is 13.2. The number of carbonyl (C=O) groups is 2. The van der Waals surface area contributed by atoms with Crippen LogP contribution in [0, 0.1) is 0 Å². The summed E-state index contributed by atoms with van der Waals surface area (Å²) in [5, 5.41) is 8.25. The molecule has 0 bridgehead atoms. The van der Waals surface area contributed by atoms with Crippen LogP contribution >= 0.6 is 0 Å². The Bertz CT molecular complexity index is 1630. The highest BCUT2D eigenvalue weighted by molar-refractivity contribution is 7.92. The fourth-order valence-electron chi connectivity index (χ4n) is 4.08. The number of amides is 3. The highest BCUT2D eigenvalue weighted by Gasteiger charge is 2.19. The Morgan fingerprint density at radius 3 is 1.98 bits per heavy atom. The molecule has 9 nitrogen and oxygen atoms in total. The molecule has 0 saturated carbocycles. The van der Waals surface area contributed by atoms with Crippen molar-refractivity contribution in [2.75, 3.05) is 10.0 Å². The van der Waals surface area contributed by atoms with Crippen molar-refractivity contribution in [3.05, 3.63) is 114 Å². The quantitative estimate of drug-likeness (QED) is 0.178. The van der Waals surface area contributed by atoms with Gasteiger partial charge in [0.1, 0.15) is 5.60 Å². The lowest BCUT2D eigenvalue weighted by Crippen LogP contribution is -2.32. The number of urea groups is 1. The molecule has 0 unspecified atom stereocenters. The first kappa shape index (κ1) is 30.1. The summed E-state index contributed by atoms with van der Waals surface area (Å²) in [5.74, 6) is 0. The van der Waals surface area contributed by atoms with E-state index in [1.165, 1.54) is 0 Å². The fourth-order valence-corrected chi connectivity index (χ4v) is 5.37. The van der Waals surface area contributed by atoms with Crippen LogP contribution in [-0.2, 0) is 27.8 Å². The van der Waals surface area contributed by atoms with Gasteiger partial charge >= 0.3 is 12.1 Å². The molecule has 0 heterocycles. The largest absolute Gasteiger partial charge is 0.444 e. The molecule has 0 aliphatic rings. The van der Waals surface area contributed by atoms with Crippen LogP contribution in [-0.4, -0.2) is 26.1 Å². The first-order valence-corrected chi connectivity index (χ1v) is 14.8. The van der Waals surface area contributed by atoms with E-state index in [0.29, 0.717) is 23.5 Å². The summed E-state index contributed by atoms with van der Waals surface area (Å²) in [4.78, 5) is 24.5. The van der Waals surface area contributed by atoms with E-state index in [9.17, 15) is 18.0 Å². The van der Waals surface area contributed by atoms with Crippen molar-refractivity contribution in [3.8, 4) is 11.1 Å². The summed E-state index contributed by atoms with van der Waals surface area (Å²) >= 11 is 0. The van der Waals surface area contributed by atoms with Crippen LogP contribution in [0.5, 0.6) is 0 Å². The number of carbonyl (C=O) groups excluding carboxylic acids is 2. The zero-order chi connectivity index (χ0) is 30.2. The lowest BCUT2D eigenvalue weighted by molar-refractivity contribution is 0.0523. The van der Waals surface area contributed by atoms with Crippen LogP contribution in [0.2, 0.25) is 0 Å². The van der Waals surface area contributed by atoms with Crippen molar-refractivity contribution >= 4 is 33.5 Å². The molecule has 0 saturated heterocycles. The number of hydrogen-bond acceptors (Lipinski definition) is 5. The Morgan fingerprint density at radius 2 is 1.31 bits per heavy atom. The van der Waals surface area contributed by atoms with E-state index in [1.807, 2.05) is 54.6 Å². The lowest BCUT2D eigenvalue weighted by Gasteiger charge is -2.19. The Balaban J connectivity index is 1.30. The van der Waals surface area contributed by atoms with Gasteiger partial charge < -0.3 is 20.7 Å². The molecule has 0 aromatic heterocycles. The van der Waals surface area contributed by atoms with Crippen molar-refractivity contribution in [1.29, 1.82) is 0 Å². The summed E-state index contributed by atoms with van der Waals surface area (Å²) in [6.07, 6.45) is -0.499. The van der Waals surface area contributed by atoms with Crippen molar-refractivity contribution in [3.63, 3.8) is 0 Å². The van der Waals surface area contributed by atoms with Gasteiger partial charge in [-0.05, 0) is 67.8 Å². The van der Waals surface area contributed by atoms with Gasteiger partial charge in [0.15, 0.2) is 0 Å². The zero-order valence-corrected chi connectivity index (χ0v) is 24.5. The number of anilines is 2. The molecule has 0 radical (unpaired) electrons. The molecule has 42 heavy (non-hydrogen) atoms. The Labute approximate surface area is 246 Å². The van der Waals surface area contributed by atoms with E-state index >= 15 is 0 Å². The first-order chi connectivity index (χ1) is 20.0. The third kappa shape index (κ3) is 8.84. The average Bonchev–Trinajstić information content (AvgIpc) is 2.96. The normalized spacial score (nSPS) is 11.3. The van der Waals surface area contributed by atoms with Gasteiger partial charge in [-0.1, -0.05) is 72.8 Å². The molecule has 218 valence electrons. The van der Waals surface area contributed by atoms with Crippen molar-refractivity contribution in [2.45, 2.75) is 44.4 Å². The van der Waals surface area contributed by atoms with Crippen LogP contribution in [0.3, 0.4) is 0 Å². The minimum absolute atomic E-state index is 0.169. The highest BCUT2D eigenvalue weighted by atomic mass is 32.2. The Hall–Kier alpha value is -4.83. The Kier molecular flexibility index (Phi) is 9.49. The molecular weight excluding hydrogens is 552 g/mol. The molecule has 0 aliphatic heterocycles. The first-order valence-electron chi connectivity index (χ1n) is 13.4. The number of benzene rings is 4. The van der Waals surface area contributed by atoms with Crippen molar-refractivity contribution in [1.82, 2.24) is 10.6 Å². The molecule has 0 atom stereocenters. The maximum Gasteiger partial charge on any atom is 0.407 e. The standard InChI is InChI=1S/C32H34N4O5S/c1-32(2,3)41-31(38)34-22-24-11-9-10-23(20-24)21-33-30(37)35-26-16-18-27(19-17-26)36-42(39,40)29-15-8-7-14-28(29)25-12-5-4-6-13-25/h4-20,36H,21-22H2,1-3H3,(H,34,38)(H2,33,35,37). The predicted molar refractivity (Wildman–Crippen MR) is 165 cm³/mol. The number of hydrogen-bond donors (Lipinski definition) is 4. The number of nitrogens with one attached hydrogen (secondary N) is 4. The minimum Gasteiger partial charge on any atom is -0.444 e. The highest BCUT2D eigenvalue weighted by Crippen LogP contribution is 2.28. The SMILES string of the molecule is CC(C)(C)OC(=O)NCc1cccc(CNC(=O)Nc2ccc(NS(=O)(=O)c3ccccc3-c3ccccc3)cc2)c1. The average molecular weight is 587 g/mol. The van der Waals surface area contributed by atoms with Crippen molar-refractivity contribution < 1.29 is 22.7 Å². The molecule has 0 spiro atoms. The van der Waals surface area contributed by atoms with Crippen molar-refractivity contribution in [2.24, 2.45) is 0 Å². The molecule has 10 heteroatoms. The Morgan fingerprint density at radius 1 is 0.714 bits per heavy atom. The van der Waals surface area contributed by atoms with Gasteiger partial charge in [-0.3, -0.25) is 4.72 Å². The summed E-state index contributed by atoms with van der Waals surface area (Å²) in [5.41, 5.74) is 3.40. The van der Waals surface area contributed by atoms with Gasteiger partial charge in [0.25, 0.3) is 10.0 Å². The zero-order valence-electron chi connectivity index (χ0n) is 23.7.